The number of likely N-dealkylation sites (N-methyl/N-ethyl adjacent to an activating group) is 1. The van der Waals surface area contributed by atoms with E-state index >= 15 is 0 Å². The molecule has 25 heavy (non-hydrogen) atoms. The average Bonchev–Trinajstić information content (AvgIpc) is 3.04. The van der Waals surface area contributed by atoms with Gasteiger partial charge in [-0.1, -0.05) is 18.6 Å². The molecule has 1 aromatic rings. The Kier molecular flexibility index (Phi) is 5.52. The van der Waals surface area contributed by atoms with Crippen molar-refractivity contribution in [2.75, 3.05) is 47.9 Å². The number of ether oxygens (including phenoxy) is 1. The van der Waals surface area contributed by atoms with Crippen LogP contribution in [-0.2, 0) is 0 Å². The Morgan fingerprint density at radius 2 is 2.16 bits per heavy atom. The standard InChI is InChI=1S/C20H32N4O/c1-21-19(24-12-11-20(15-24)9-6-10-20)22-14-18(23(2)3)16-7-5-8-17(13-16)25-4/h5,7-8,13,18H,6,9-12,14-15H2,1-4H3,(H,21,22). The molecular formula is C20H32N4O. The molecule has 1 aromatic carbocycles. The highest BCUT2D eigenvalue weighted by Gasteiger charge is 2.43. The molecule has 0 aromatic heterocycles. The minimum absolute atomic E-state index is 0.270. The van der Waals surface area contributed by atoms with E-state index in [0.29, 0.717) is 5.41 Å². The molecule has 0 bridgehead atoms. The second-order valence-electron chi connectivity index (χ2n) is 7.71. The molecule has 5 nitrogen and oxygen atoms in total. The number of nitrogens with zero attached hydrogens (tertiary/aromatic N) is 3. The van der Waals surface area contributed by atoms with Crippen LogP contribution in [0.5, 0.6) is 5.75 Å². The first-order valence-electron chi connectivity index (χ1n) is 9.33. The average molecular weight is 345 g/mol. The van der Waals surface area contributed by atoms with Gasteiger partial charge in [-0.05, 0) is 56.5 Å². The Morgan fingerprint density at radius 1 is 1.36 bits per heavy atom. The molecule has 5 heteroatoms. The van der Waals surface area contributed by atoms with Gasteiger partial charge in [-0.3, -0.25) is 4.99 Å². The minimum atomic E-state index is 0.270. The summed E-state index contributed by atoms with van der Waals surface area (Å²) in [5.74, 6) is 1.94. The second-order valence-corrected chi connectivity index (χ2v) is 7.71. The van der Waals surface area contributed by atoms with Crippen LogP contribution >= 0.6 is 0 Å². The van der Waals surface area contributed by atoms with E-state index in [1.54, 1.807) is 7.11 Å². The molecule has 3 rings (SSSR count). The topological polar surface area (TPSA) is 40.1 Å². The molecular weight excluding hydrogens is 312 g/mol. The van der Waals surface area contributed by atoms with Gasteiger partial charge in [0.2, 0.25) is 0 Å². The lowest BCUT2D eigenvalue weighted by Gasteiger charge is -2.38. The Bertz CT molecular complexity index is 609. The predicted octanol–water partition coefficient (Wildman–Crippen LogP) is 2.75. The van der Waals surface area contributed by atoms with E-state index in [2.05, 4.69) is 52.4 Å². The van der Waals surface area contributed by atoms with E-state index in [1.165, 1.54) is 37.8 Å². The lowest BCUT2D eigenvalue weighted by molar-refractivity contribution is 0.151. The summed E-state index contributed by atoms with van der Waals surface area (Å²) in [6.45, 7) is 3.13. The van der Waals surface area contributed by atoms with Gasteiger partial charge in [0, 0.05) is 26.7 Å². The van der Waals surface area contributed by atoms with E-state index in [1.807, 2.05) is 13.1 Å². The number of likely N-dealkylation sites (tertiary alicyclic amines) is 1. The quantitative estimate of drug-likeness (QED) is 0.659. The van der Waals surface area contributed by atoms with Crippen LogP contribution in [0.3, 0.4) is 0 Å². The van der Waals surface area contributed by atoms with Crippen LogP contribution in [0.4, 0.5) is 0 Å². The Labute approximate surface area is 152 Å². The number of rotatable bonds is 5. The highest BCUT2D eigenvalue weighted by atomic mass is 16.5. The third-order valence-corrected chi connectivity index (χ3v) is 5.92. The highest BCUT2D eigenvalue weighted by molar-refractivity contribution is 5.80. The second kappa shape index (κ2) is 7.65. The van der Waals surface area contributed by atoms with Crippen molar-refractivity contribution in [3.8, 4) is 5.75 Å². The van der Waals surface area contributed by atoms with Gasteiger partial charge in [0.15, 0.2) is 5.96 Å². The lowest BCUT2D eigenvalue weighted by atomic mass is 9.68. The number of nitrogens with one attached hydrogen (secondary N) is 1. The van der Waals surface area contributed by atoms with Gasteiger partial charge < -0.3 is 19.9 Å². The van der Waals surface area contributed by atoms with Gasteiger partial charge in [-0.25, -0.2) is 0 Å². The van der Waals surface area contributed by atoms with Gasteiger partial charge in [-0.15, -0.1) is 0 Å². The number of hydrogen-bond donors (Lipinski definition) is 1. The van der Waals surface area contributed by atoms with Crippen molar-refractivity contribution in [2.24, 2.45) is 10.4 Å². The van der Waals surface area contributed by atoms with Crippen molar-refractivity contribution in [3.63, 3.8) is 0 Å². The molecule has 2 aliphatic rings. The summed E-state index contributed by atoms with van der Waals surface area (Å²) in [5.41, 5.74) is 1.84. The summed E-state index contributed by atoms with van der Waals surface area (Å²) in [6.07, 6.45) is 5.51. The monoisotopic (exact) mass is 344 g/mol. The number of guanidine groups is 1. The van der Waals surface area contributed by atoms with E-state index in [4.69, 9.17) is 4.74 Å². The van der Waals surface area contributed by atoms with E-state index < -0.39 is 0 Å². The molecule has 1 unspecified atom stereocenters. The summed E-state index contributed by atoms with van der Waals surface area (Å²) in [4.78, 5) is 9.23. The SMILES string of the molecule is CN=C(NCC(c1cccc(OC)c1)N(C)C)N1CCC2(CCC2)C1. The molecule has 1 aliphatic heterocycles. The maximum absolute atomic E-state index is 5.38. The maximum atomic E-state index is 5.38. The molecule has 1 spiro atoms. The van der Waals surface area contributed by atoms with Gasteiger partial charge in [0.1, 0.15) is 5.75 Å². The fourth-order valence-electron chi connectivity index (χ4n) is 4.17. The van der Waals surface area contributed by atoms with Crippen LogP contribution in [-0.4, -0.2) is 63.6 Å². The highest BCUT2D eigenvalue weighted by Crippen LogP contribution is 2.47. The van der Waals surface area contributed by atoms with Crippen molar-refractivity contribution >= 4 is 5.96 Å². The first-order valence-corrected chi connectivity index (χ1v) is 9.33. The minimum Gasteiger partial charge on any atom is -0.497 e. The molecule has 1 saturated carbocycles. The number of benzene rings is 1. The smallest absolute Gasteiger partial charge is 0.193 e. The Morgan fingerprint density at radius 3 is 2.72 bits per heavy atom. The fourth-order valence-corrected chi connectivity index (χ4v) is 4.17. The normalized spacial score (nSPS) is 20.7. The summed E-state index contributed by atoms with van der Waals surface area (Å²) < 4.78 is 5.38. The van der Waals surface area contributed by atoms with E-state index in [9.17, 15) is 0 Å². The largest absolute Gasteiger partial charge is 0.497 e. The van der Waals surface area contributed by atoms with Crippen molar-refractivity contribution in [2.45, 2.75) is 31.7 Å². The van der Waals surface area contributed by atoms with Gasteiger partial charge >= 0.3 is 0 Å². The lowest BCUT2D eigenvalue weighted by Crippen LogP contribution is -2.45. The van der Waals surface area contributed by atoms with Crippen molar-refractivity contribution in [1.82, 2.24) is 15.1 Å². The third-order valence-electron chi connectivity index (χ3n) is 5.92. The van der Waals surface area contributed by atoms with Crippen LogP contribution in [0.1, 0.15) is 37.3 Å². The molecule has 0 amide bonds. The zero-order valence-corrected chi connectivity index (χ0v) is 16.1. The molecule has 1 saturated heterocycles. The number of hydrogen-bond acceptors (Lipinski definition) is 3. The van der Waals surface area contributed by atoms with Gasteiger partial charge in [0.25, 0.3) is 0 Å². The number of methoxy groups -OCH3 is 1. The van der Waals surface area contributed by atoms with Crippen LogP contribution in [0.25, 0.3) is 0 Å². The first kappa shape index (κ1) is 18.1. The Hall–Kier alpha value is -1.75. The molecule has 1 aliphatic carbocycles. The van der Waals surface area contributed by atoms with Crippen LogP contribution in [0.2, 0.25) is 0 Å². The molecule has 1 atom stereocenters. The van der Waals surface area contributed by atoms with E-state index in [-0.39, 0.29) is 6.04 Å². The zero-order chi connectivity index (χ0) is 17.9. The predicted molar refractivity (Wildman–Crippen MR) is 103 cm³/mol. The van der Waals surface area contributed by atoms with Crippen molar-refractivity contribution < 1.29 is 4.74 Å². The molecule has 1 heterocycles. The summed E-state index contributed by atoms with van der Waals surface area (Å²) in [7, 11) is 7.85. The summed E-state index contributed by atoms with van der Waals surface area (Å²) in [6, 6.07) is 8.60. The fraction of sp³-hybridized carbons (Fsp3) is 0.650. The van der Waals surface area contributed by atoms with Crippen LogP contribution in [0, 0.1) is 5.41 Å². The van der Waals surface area contributed by atoms with Crippen LogP contribution in [0.15, 0.2) is 29.3 Å². The third kappa shape index (κ3) is 3.92. The number of aliphatic imine (C=N–C) groups is 1. The Balaban J connectivity index is 1.64. The van der Waals surface area contributed by atoms with Gasteiger partial charge in [-0.2, -0.15) is 0 Å². The first-order chi connectivity index (χ1) is 12.1. The molecule has 2 fully saturated rings. The van der Waals surface area contributed by atoms with Gasteiger partial charge in [0.05, 0.1) is 13.2 Å². The summed E-state index contributed by atoms with van der Waals surface area (Å²) in [5, 5.41) is 3.61. The van der Waals surface area contributed by atoms with Crippen molar-refractivity contribution in [1.29, 1.82) is 0 Å². The summed E-state index contributed by atoms with van der Waals surface area (Å²) >= 11 is 0. The molecule has 1 N–H and O–H groups in total. The molecule has 138 valence electrons. The van der Waals surface area contributed by atoms with Crippen LogP contribution < -0.4 is 10.1 Å². The molecule has 0 radical (unpaired) electrons. The van der Waals surface area contributed by atoms with Crippen molar-refractivity contribution in [3.05, 3.63) is 29.8 Å². The maximum Gasteiger partial charge on any atom is 0.193 e. The zero-order valence-electron chi connectivity index (χ0n) is 16.1. The van der Waals surface area contributed by atoms with E-state index in [0.717, 1.165) is 24.8 Å².